The Kier molecular flexibility index (Phi) is 38.8. The van der Waals surface area contributed by atoms with E-state index in [0.717, 1.165) is 64.3 Å². The number of rotatable bonds is 39. The number of carbonyl (C=O) groups is 2. The molecule has 0 fully saturated rings. The molecule has 1 unspecified atom stereocenters. The first-order valence-corrected chi connectivity index (χ1v) is 21.4. The Hall–Kier alpha value is -1.66. The number of allylic oxidation sites excluding steroid dienone is 4. The Labute approximate surface area is 310 Å². The molecule has 0 saturated carbocycles. The monoisotopic (exact) mass is 706 g/mol. The molecule has 0 N–H and O–H groups in total. The zero-order chi connectivity index (χ0) is 36.6. The zero-order valence-electron chi connectivity index (χ0n) is 33.7. The molecule has 50 heavy (non-hydrogen) atoms. The summed E-state index contributed by atoms with van der Waals surface area (Å²) in [5.41, 5.74) is 0. The Balaban J connectivity index is 4.05. The first-order valence-electron chi connectivity index (χ1n) is 21.4. The summed E-state index contributed by atoms with van der Waals surface area (Å²) in [6, 6.07) is 0. The molecule has 0 amide bonds. The van der Waals surface area contributed by atoms with E-state index in [-0.39, 0.29) is 25.2 Å². The molecule has 0 bridgehead atoms. The van der Waals surface area contributed by atoms with E-state index in [2.05, 4.69) is 43.1 Å². The van der Waals surface area contributed by atoms with E-state index in [1.165, 1.54) is 116 Å². The maximum atomic E-state index is 12.6. The Bertz CT molecular complexity index is 780. The van der Waals surface area contributed by atoms with Crippen LogP contribution in [0.4, 0.5) is 0 Å². The van der Waals surface area contributed by atoms with Crippen LogP contribution in [0, 0.1) is 0 Å². The molecular formula is C44H83NO5. The van der Waals surface area contributed by atoms with Gasteiger partial charge in [-0.2, -0.15) is 0 Å². The van der Waals surface area contributed by atoms with Crippen LogP contribution in [0.3, 0.4) is 0 Å². The third kappa shape index (κ3) is 39.1. The fraction of sp³-hybridized carbons (Fsp3) is 0.864. The van der Waals surface area contributed by atoms with E-state index in [9.17, 15) is 9.59 Å². The van der Waals surface area contributed by atoms with Gasteiger partial charge < -0.3 is 19.1 Å². The van der Waals surface area contributed by atoms with Crippen LogP contribution in [-0.2, 0) is 23.8 Å². The number of nitrogens with zero attached hydrogens (tertiary/aromatic N) is 1. The second-order valence-corrected chi connectivity index (χ2v) is 14.7. The zero-order valence-corrected chi connectivity index (χ0v) is 33.7. The molecule has 0 aliphatic carbocycles. The molecule has 0 spiro atoms. The van der Waals surface area contributed by atoms with Crippen LogP contribution >= 0.6 is 0 Å². The molecule has 6 nitrogen and oxygen atoms in total. The van der Waals surface area contributed by atoms with Crippen molar-refractivity contribution in [3.05, 3.63) is 24.3 Å². The summed E-state index contributed by atoms with van der Waals surface area (Å²) in [6.45, 7) is 6.37. The SMILES string of the molecule is CCCCCCCC/C=C\CCCCCCCC(=O)OCC(COCCCN(C)C)OC(=O)CCCCCCC/C=C\CCCCCCCC. The average Bonchev–Trinajstić information content (AvgIpc) is 3.10. The van der Waals surface area contributed by atoms with Crippen LogP contribution in [0.2, 0.25) is 0 Å². The van der Waals surface area contributed by atoms with Gasteiger partial charge in [-0.05, 0) is 91.3 Å². The lowest BCUT2D eigenvalue weighted by Crippen LogP contribution is -2.30. The van der Waals surface area contributed by atoms with Crippen LogP contribution in [-0.4, -0.2) is 63.4 Å². The van der Waals surface area contributed by atoms with E-state index in [1.54, 1.807) is 0 Å². The van der Waals surface area contributed by atoms with Gasteiger partial charge in [0, 0.05) is 19.4 Å². The highest BCUT2D eigenvalue weighted by atomic mass is 16.6. The molecule has 0 aromatic rings. The average molecular weight is 706 g/mol. The van der Waals surface area contributed by atoms with Gasteiger partial charge in [-0.15, -0.1) is 0 Å². The van der Waals surface area contributed by atoms with E-state index in [4.69, 9.17) is 14.2 Å². The first kappa shape index (κ1) is 48.3. The van der Waals surface area contributed by atoms with E-state index in [1.807, 2.05) is 14.1 Å². The standard InChI is InChI=1S/C44H83NO5/c1-5-7-9-11-13-15-17-19-21-23-25-27-29-31-33-36-43(46)49-41-42(40-48-39-35-38-45(3)4)50-44(47)37-34-32-30-28-26-24-22-20-18-16-14-12-10-8-6-2/h19-22,42H,5-18,23-41H2,1-4H3/b21-19-,22-20-. The highest BCUT2D eigenvalue weighted by molar-refractivity contribution is 5.70. The highest BCUT2D eigenvalue weighted by Gasteiger charge is 2.17. The number of hydrogen-bond acceptors (Lipinski definition) is 6. The maximum absolute atomic E-state index is 12.6. The topological polar surface area (TPSA) is 65.1 Å². The molecule has 0 radical (unpaired) electrons. The van der Waals surface area contributed by atoms with Crippen molar-refractivity contribution < 1.29 is 23.8 Å². The van der Waals surface area contributed by atoms with Crippen molar-refractivity contribution in [3.8, 4) is 0 Å². The molecule has 0 aliphatic rings. The van der Waals surface area contributed by atoms with Crippen LogP contribution in [0.25, 0.3) is 0 Å². The van der Waals surface area contributed by atoms with Gasteiger partial charge in [0.15, 0.2) is 6.10 Å². The van der Waals surface area contributed by atoms with E-state index < -0.39 is 6.10 Å². The van der Waals surface area contributed by atoms with Crippen LogP contribution < -0.4 is 0 Å². The molecule has 0 aliphatic heterocycles. The van der Waals surface area contributed by atoms with Gasteiger partial charge in [-0.1, -0.05) is 141 Å². The lowest BCUT2D eigenvalue weighted by molar-refractivity contribution is -0.163. The minimum Gasteiger partial charge on any atom is -0.462 e. The number of carbonyl (C=O) groups excluding carboxylic acids is 2. The number of ether oxygens (including phenoxy) is 3. The summed E-state index contributed by atoms with van der Waals surface area (Å²) < 4.78 is 17.0. The predicted octanol–water partition coefficient (Wildman–Crippen LogP) is 12.5. The minimum atomic E-state index is -0.553. The van der Waals surface area contributed by atoms with Crippen molar-refractivity contribution in [1.82, 2.24) is 4.90 Å². The predicted molar refractivity (Wildman–Crippen MR) is 214 cm³/mol. The third-order valence-electron chi connectivity index (χ3n) is 9.21. The minimum absolute atomic E-state index is 0.0652. The molecular weight excluding hydrogens is 622 g/mol. The van der Waals surface area contributed by atoms with Gasteiger partial charge in [-0.3, -0.25) is 9.59 Å². The van der Waals surface area contributed by atoms with Gasteiger partial charge in [0.2, 0.25) is 0 Å². The molecule has 0 aromatic carbocycles. The summed E-state index contributed by atoms with van der Waals surface area (Å²) in [5, 5.41) is 0. The third-order valence-corrected chi connectivity index (χ3v) is 9.21. The van der Waals surface area contributed by atoms with Crippen molar-refractivity contribution in [2.45, 2.75) is 206 Å². The normalized spacial score (nSPS) is 12.4. The van der Waals surface area contributed by atoms with Gasteiger partial charge in [0.25, 0.3) is 0 Å². The molecule has 0 rings (SSSR count). The fourth-order valence-electron chi connectivity index (χ4n) is 6.00. The summed E-state index contributed by atoms with van der Waals surface area (Å²) >= 11 is 0. The lowest BCUT2D eigenvalue weighted by Gasteiger charge is -2.19. The highest BCUT2D eigenvalue weighted by Crippen LogP contribution is 2.13. The van der Waals surface area contributed by atoms with Gasteiger partial charge in [0.05, 0.1) is 6.61 Å². The summed E-state index contributed by atoms with van der Waals surface area (Å²) in [5.74, 6) is -0.439. The van der Waals surface area contributed by atoms with Crippen LogP contribution in [0.5, 0.6) is 0 Å². The molecule has 0 saturated heterocycles. The van der Waals surface area contributed by atoms with Gasteiger partial charge in [-0.25, -0.2) is 0 Å². The Morgan fingerprint density at radius 2 is 0.900 bits per heavy atom. The fourth-order valence-corrected chi connectivity index (χ4v) is 6.00. The maximum Gasteiger partial charge on any atom is 0.306 e. The molecule has 6 heteroatoms. The van der Waals surface area contributed by atoms with Crippen LogP contribution in [0.15, 0.2) is 24.3 Å². The molecule has 1 atom stereocenters. The lowest BCUT2D eigenvalue weighted by atomic mass is 10.1. The molecule has 0 aromatic heterocycles. The summed E-state index contributed by atoms with van der Waals surface area (Å²) in [6.07, 6.45) is 42.5. The van der Waals surface area contributed by atoms with E-state index >= 15 is 0 Å². The van der Waals surface area contributed by atoms with Crippen molar-refractivity contribution in [2.75, 3.05) is 40.5 Å². The van der Waals surface area contributed by atoms with Gasteiger partial charge in [0.1, 0.15) is 6.61 Å². The van der Waals surface area contributed by atoms with Crippen LogP contribution in [0.1, 0.15) is 200 Å². The number of hydrogen-bond donors (Lipinski definition) is 0. The molecule has 0 heterocycles. The largest absolute Gasteiger partial charge is 0.462 e. The summed E-state index contributed by atoms with van der Waals surface area (Å²) in [4.78, 5) is 27.1. The number of unbranched alkanes of at least 4 members (excludes halogenated alkanes) is 22. The Morgan fingerprint density at radius 1 is 0.500 bits per heavy atom. The number of esters is 2. The van der Waals surface area contributed by atoms with Crippen molar-refractivity contribution in [2.24, 2.45) is 0 Å². The van der Waals surface area contributed by atoms with E-state index in [0.29, 0.717) is 19.4 Å². The van der Waals surface area contributed by atoms with Crippen molar-refractivity contribution in [1.29, 1.82) is 0 Å². The second-order valence-electron chi connectivity index (χ2n) is 14.7. The van der Waals surface area contributed by atoms with Gasteiger partial charge >= 0.3 is 11.9 Å². The van der Waals surface area contributed by atoms with Crippen molar-refractivity contribution >= 4 is 11.9 Å². The first-order chi connectivity index (χ1) is 24.5. The molecule has 294 valence electrons. The summed E-state index contributed by atoms with van der Waals surface area (Å²) in [7, 11) is 4.07. The second kappa shape index (κ2) is 40.1. The Morgan fingerprint density at radius 3 is 1.34 bits per heavy atom. The smallest absolute Gasteiger partial charge is 0.306 e. The quantitative estimate of drug-likeness (QED) is 0.0360. The van der Waals surface area contributed by atoms with Crippen molar-refractivity contribution in [3.63, 3.8) is 0 Å².